The molecule has 0 aliphatic rings. The zero-order valence-corrected chi connectivity index (χ0v) is 12.3. The number of carbonyl (C=O) groups is 1. The van der Waals surface area contributed by atoms with Crippen molar-refractivity contribution in [3.05, 3.63) is 63.4 Å². The van der Waals surface area contributed by atoms with Gasteiger partial charge >= 0.3 is 5.97 Å². The highest BCUT2D eigenvalue weighted by atomic mass is 79.9. The quantitative estimate of drug-likeness (QED) is 0.909. The van der Waals surface area contributed by atoms with Crippen molar-refractivity contribution in [1.29, 1.82) is 0 Å². The number of aromatic carboxylic acids is 1. The first-order valence-electron chi connectivity index (χ1n) is 5.88. The summed E-state index contributed by atoms with van der Waals surface area (Å²) < 4.78 is 19.8. The maximum atomic E-state index is 13.5. The Balaban J connectivity index is 2.13. The van der Waals surface area contributed by atoms with E-state index < -0.39 is 5.97 Å². The van der Waals surface area contributed by atoms with E-state index in [1.54, 1.807) is 31.2 Å². The van der Waals surface area contributed by atoms with Crippen LogP contribution in [0, 0.1) is 12.7 Å². The first-order valence-corrected chi connectivity index (χ1v) is 6.67. The summed E-state index contributed by atoms with van der Waals surface area (Å²) in [5.74, 6) is -0.814. The third-order valence-electron chi connectivity index (χ3n) is 2.83. The molecule has 1 N–H and O–H groups in total. The molecule has 0 atom stereocenters. The second-order valence-corrected chi connectivity index (χ2v) is 5.22. The smallest absolute Gasteiger partial charge is 0.335 e. The molecule has 20 heavy (non-hydrogen) atoms. The fraction of sp³-hybridized carbons (Fsp3) is 0.133. The van der Waals surface area contributed by atoms with Gasteiger partial charge in [-0.05, 0) is 48.9 Å². The van der Waals surface area contributed by atoms with Gasteiger partial charge in [0.15, 0.2) is 0 Å². The van der Waals surface area contributed by atoms with Crippen molar-refractivity contribution < 1.29 is 19.0 Å². The van der Waals surface area contributed by atoms with E-state index in [0.717, 1.165) is 4.47 Å². The molecular formula is C15H12BrFO3. The summed E-state index contributed by atoms with van der Waals surface area (Å²) in [7, 11) is 0. The summed E-state index contributed by atoms with van der Waals surface area (Å²) in [5, 5.41) is 8.94. The van der Waals surface area contributed by atoms with Gasteiger partial charge in [0.25, 0.3) is 0 Å². The summed E-state index contributed by atoms with van der Waals surface area (Å²) in [6.07, 6.45) is 0. The van der Waals surface area contributed by atoms with Gasteiger partial charge in [0.05, 0.1) is 5.56 Å². The average Bonchev–Trinajstić information content (AvgIpc) is 2.39. The number of hydrogen-bond acceptors (Lipinski definition) is 2. The van der Waals surface area contributed by atoms with Crippen molar-refractivity contribution in [2.45, 2.75) is 13.5 Å². The zero-order valence-electron chi connectivity index (χ0n) is 10.7. The molecule has 0 bridgehead atoms. The average molecular weight is 339 g/mol. The second-order valence-electron chi connectivity index (χ2n) is 4.31. The van der Waals surface area contributed by atoms with E-state index in [1.165, 1.54) is 12.1 Å². The Morgan fingerprint density at radius 3 is 2.70 bits per heavy atom. The molecule has 0 spiro atoms. The van der Waals surface area contributed by atoms with Crippen LogP contribution >= 0.6 is 15.9 Å². The number of rotatable bonds is 4. The molecule has 0 aliphatic carbocycles. The van der Waals surface area contributed by atoms with Gasteiger partial charge in [0.2, 0.25) is 0 Å². The third kappa shape index (κ3) is 3.36. The number of hydrogen-bond donors (Lipinski definition) is 1. The number of carboxylic acids is 1. The summed E-state index contributed by atoms with van der Waals surface area (Å²) in [6.45, 7) is 1.77. The van der Waals surface area contributed by atoms with Gasteiger partial charge < -0.3 is 9.84 Å². The lowest BCUT2D eigenvalue weighted by molar-refractivity contribution is 0.0696. The van der Waals surface area contributed by atoms with Crippen LogP contribution in [-0.4, -0.2) is 11.1 Å². The largest absolute Gasteiger partial charge is 0.489 e. The maximum Gasteiger partial charge on any atom is 0.335 e. The minimum Gasteiger partial charge on any atom is -0.489 e. The lowest BCUT2D eigenvalue weighted by Gasteiger charge is -2.09. The lowest BCUT2D eigenvalue weighted by atomic mass is 10.1. The van der Waals surface area contributed by atoms with Gasteiger partial charge in [-0.2, -0.15) is 0 Å². The van der Waals surface area contributed by atoms with Crippen LogP contribution in [0.3, 0.4) is 0 Å². The van der Waals surface area contributed by atoms with E-state index >= 15 is 0 Å². The van der Waals surface area contributed by atoms with Crippen LogP contribution in [0.15, 0.2) is 40.9 Å². The normalized spacial score (nSPS) is 10.3. The molecule has 0 fully saturated rings. The highest BCUT2D eigenvalue weighted by Gasteiger charge is 2.09. The molecular weight excluding hydrogens is 327 g/mol. The van der Waals surface area contributed by atoms with Gasteiger partial charge in [-0.25, -0.2) is 9.18 Å². The number of carboxylic acid groups (broad SMARTS) is 1. The van der Waals surface area contributed by atoms with Crippen LogP contribution in [0.1, 0.15) is 21.5 Å². The van der Waals surface area contributed by atoms with Crippen molar-refractivity contribution in [3.8, 4) is 5.75 Å². The van der Waals surface area contributed by atoms with Crippen LogP contribution in [-0.2, 0) is 6.61 Å². The first-order chi connectivity index (χ1) is 9.47. The van der Waals surface area contributed by atoms with Crippen LogP contribution in [0.4, 0.5) is 4.39 Å². The molecule has 0 saturated heterocycles. The predicted molar refractivity (Wildman–Crippen MR) is 76.6 cm³/mol. The van der Waals surface area contributed by atoms with E-state index in [-0.39, 0.29) is 18.0 Å². The minimum absolute atomic E-state index is 0.0805. The van der Waals surface area contributed by atoms with Crippen LogP contribution < -0.4 is 4.74 Å². The number of ether oxygens (including phenoxy) is 1. The molecule has 0 aromatic heterocycles. The van der Waals surface area contributed by atoms with Gasteiger partial charge in [-0.15, -0.1) is 0 Å². The Labute approximate surface area is 124 Å². The molecule has 0 unspecified atom stereocenters. The van der Waals surface area contributed by atoms with Crippen molar-refractivity contribution in [3.63, 3.8) is 0 Å². The molecule has 2 aromatic rings. The Kier molecular flexibility index (Phi) is 4.39. The molecule has 2 rings (SSSR count). The van der Waals surface area contributed by atoms with Gasteiger partial charge in [-0.3, -0.25) is 0 Å². The SMILES string of the molecule is Cc1cc(OCc2cc(Br)ccc2F)ccc1C(=O)O. The van der Waals surface area contributed by atoms with Crippen LogP contribution in [0.25, 0.3) is 0 Å². The van der Waals surface area contributed by atoms with Crippen LogP contribution in [0.2, 0.25) is 0 Å². The Morgan fingerprint density at radius 1 is 1.30 bits per heavy atom. The number of benzene rings is 2. The molecule has 5 heteroatoms. The highest BCUT2D eigenvalue weighted by molar-refractivity contribution is 9.10. The van der Waals surface area contributed by atoms with E-state index in [4.69, 9.17) is 9.84 Å². The van der Waals surface area contributed by atoms with E-state index in [0.29, 0.717) is 16.9 Å². The fourth-order valence-electron chi connectivity index (χ4n) is 1.78. The summed E-state index contributed by atoms with van der Waals surface area (Å²) >= 11 is 3.27. The van der Waals surface area contributed by atoms with E-state index in [2.05, 4.69) is 15.9 Å². The van der Waals surface area contributed by atoms with Crippen molar-refractivity contribution in [2.75, 3.05) is 0 Å². The molecule has 0 heterocycles. The zero-order chi connectivity index (χ0) is 14.7. The fourth-order valence-corrected chi connectivity index (χ4v) is 2.19. The third-order valence-corrected chi connectivity index (χ3v) is 3.32. The molecule has 0 aliphatic heterocycles. The van der Waals surface area contributed by atoms with Gasteiger partial charge in [0.1, 0.15) is 18.2 Å². The Hall–Kier alpha value is -1.88. The molecule has 3 nitrogen and oxygen atoms in total. The Morgan fingerprint density at radius 2 is 2.05 bits per heavy atom. The van der Waals surface area contributed by atoms with Gasteiger partial charge in [0, 0.05) is 10.0 Å². The molecule has 0 saturated carbocycles. The molecule has 0 amide bonds. The highest BCUT2D eigenvalue weighted by Crippen LogP contribution is 2.21. The minimum atomic E-state index is -0.980. The van der Waals surface area contributed by atoms with Crippen molar-refractivity contribution in [1.82, 2.24) is 0 Å². The van der Waals surface area contributed by atoms with E-state index in [1.807, 2.05) is 0 Å². The van der Waals surface area contributed by atoms with Crippen molar-refractivity contribution >= 4 is 21.9 Å². The molecule has 104 valence electrons. The van der Waals surface area contributed by atoms with Gasteiger partial charge in [-0.1, -0.05) is 15.9 Å². The summed E-state index contributed by atoms with van der Waals surface area (Å²) in [4.78, 5) is 10.9. The Bertz CT molecular complexity index is 656. The molecule has 0 radical (unpaired) electrons. The first kappa shape index (κ1) is 14.5. The number of aryl methyl sites for hydroxylation is 1. The van der Waals surface area contributed by atoms with E-state index in [9.17, 15) is 9.18 Å². The standard InChI is InChI=1S/C15H12BrFO3/c1-9-6-12(3-4-13(9)15(18)19)20-8-10-7-11(16)2-5-14(10)17/h2-7H,8H2,1H3,(H,18,19). The lowest BCUT2D eigenvalue weighted by Crippen LogP contribution is -2.02. The summed E-state index contributed by atoms with van der Waals surface area (Å²) in [6, 6.07) is 9.29. The predicted octanol–water partition coefficient (Wildman–Crippen LogP) is 4.17. The van der Waals surface area contributed by atoms with Crippen LogP contribution in [0.5, 0.6) is 5.75 Å². The molecule has 2 aromatic carbocycles. The summed E-state index contributed by atoms with van der Waals surface area (Å²) in [5.41, 5.74) is 1.26. The van der Waals surface area contributed by atoms with Crippen molar-refractivity contribution in [2.24, 2.45) is 0 Å². The monoisotopic (exact) mass is 338 g/mol. The number of halogens is 2. The maximum absolute atomic E-state index is 13.5. The topological polar surface area (TPSA) is 46.5 Å². The second kappa shape index (κ2) is 6.05.